The second-order valence-corrected chi connectivity index (χ2v) is 9.56. The number of nitrogens with zero attached hydrogens (tertiary/aromatic N) is 1. The van der Waals surface area contributed by atoms with Crippen molar-refractivity contribution in [1.29, 1.82) is 0 Å². The maximum atomic E-state index is 13.2. The molecule has 0 saturated carbocycles. The van der Waals surface area contributed by atoms with Crippen molar-refractivity contribution in [1.82, 2.24) is 4.90 Å². The third kappa shape index (κ3) is 5.20. The minimum absolute atomic E-state index is 0.0429. The molecule has 8 nitrogen and oxygen atoms in total. The lowest BCUT2D eigenvalue weighted by molar-refractivity contribution is -0.119. The number of amides is 2. The van der Waals surface area contributed by atoms with E-state index >= 15 is 0 Å². The van der Waals surface area contributed by atoms with Crippen molar-refractivity contribution in [2.24, 2.45) is 0 Å². The molecule has 9 heteroatoms. The summed E-state index contributed by atoms with van der Waals surface area (Å²) in [6.07, 6.45) is 1.23. The Morgan fingerprint density at radius 1 is 0.941 bits per heavy atom. The lowest BCUT2D eigenvalue weighted by atomic mass is 10.1. The molecule has 1 heterocycles. The molecule has 0 bridgehead atoms. The topological polar surface area (TPSA) is 105 Å². The Kier molecular flexibility index (Phi) is 6.83. The van der Waals surface area contributed by atoms with Crippen LogP contribution in [0.2, 0.25) is 0 Å². The number of carbonyl (C=O) groups excluding carboxylic acids is 2. The van der Waals surface area contributed by atoms with Crippen LogP contribution in [0.5, 0.6) is 5.75 Å². The van der Waals surface area contributed by atoms with E-state index in [1.165, 1.54) is 30.2 Å². The first-order chi connectivity index (χ1) is 16.4. The number of sulfonamides is 1. The largest absolute Gasteiger partial charge is 0.497 e. The highest BCUT2D eigenvalue weighted by atomic mass is 32.2. The molecule has 3 aromatic carbocycles. The molecule has 1 atom stereocenters. The van der Waals surface area contributed by atoms with Crippen molar-refractivity contribution in [2.75, 3.05) is 23.7 Å². The monoisotopic (exact) mass is 479 g/mol. The molecule has 1 aliphatic rings. The Bertz CT molecular complexity index is 1280. The van der Waals surface area contributed by atoms with Crippen molar-refractivity contribution < 1.29 is 22.7 Å². The summed E-state index contributed by atoms with van der Waals surface area (Å²) in [5.74, 6) is -0.0405. The smallest absolute Gasteiger partial charge is 0.261 e. The van der Waals surface area contributed by atoms with Crippen molar-refractivity contribution in [3.63, 3.8) is 0 Å². The zero-order chi connectivity index (χ0) is 24.1. The number of nitrogens with one attached hydrogen (secondary N) is 2. The Morgan fingerprint density at radius 3 is 2.38 bits per heavy atom. The van der Waals surface area contributed by atoms with Gasteiger partial charge in [0.1, 0.15) is 11.8 Å². The minimum atomic E-state index is -3.92. The zero-order valence-electron chi connectivity index (χ0n) is 18.6. The normalized spacial score (nSPS) is 15.6. The zero-order valence-corrected chi connectivity index (χ0v) is 19.4. The van der Waals surface area contributed by atoms with Gasteiger partial charge in [-0.15, -0.1) is 0 Å². The number of para-hydroxylation sites is 1. The first kappa shape index (κ1) is 23.3. The molecular weight excluding hydrogens is 454 g/mol. The molecule has 34 heavy (non-hydrogen) atoms. The van der Waals surface area contributed by atoms with Gasteiger partial charge in [0.15, 0.2) is 0 Å². The van der Waals surface area contributed by atoms with Crippen LogP contribution in [-0.2, 0) is 14.8 Å². The van der Waals surface area contributed by atoms with Crippen LogP contribution in [0.4, 0.5) is 11.4 Å². The van der Waals surface area contributed by atoms with Crippen LogP contribution in [0, 0.1) is 0 Å². The summed E-state index contributed by atoms with van der Waals surface area (Å²) in [5, 5.41) is 2.84. The van der Waals surface area contributed by atoms with Crippen LogP contribution in [0.25, 0.3) is 0 Å². The summed E-state index contributed by atoms with van der Waals surface area (Å²) in [6.45, 7) is 0.423. The molecule has 0 aromatic heterocycles. The fraction of sp³-hybridized carbons (Fsp3) is 0.200. The highest BCUT2D eigenvalue weighted by Crippen LogP contribution is 2.24. The average Bonchev–Trinajstić information content (AvgIpc) is 3.35. The molecule has 0 radical (unpaired) electrons. The Morgan fingerprint density at radius 2 is 1.68 bits per heavy atom. The average molecular weight is 480 g/mol. The maximum absolute atomic E-state index is 13.2. The van der Waals surface area contributed by atoms with Gasteiger partial charge in [-0.2, -0.15) is 0 Å². The summed E-state index contributed by atoms with van der Waals surface area (Å²) >= 11 is 0. The standard InChI is InChI=1S/C25H25N3O5S/c1-33-21-14-12-20(13-15-21)27-34(31,32)22-10-5-7-18(17-22)25(30)28-16-6-11-23(28)24(29)26-19-8-3-2-4-9-19/h2-5,7-10,12-15,17,23,27H,6,11,16H2,1H3,(H,26,29). The summed E-state index contributed by atoms with van der Waals surface area (Å²) in [4.78, 5) is 27.5. The molecular formula is C25H25N3O5S. The number of likely N-dealkylation sites (tertiary alicyclic amines) is 1. The van der Waals surface area contributed by atoms with E-state index < -0.39 is 16.1 Å². The van der Waals surface area contributed by atoms with E-state index in [9.17, 15) is 18.0 Å². The van der Waals surface area contributed by atoms with Gasteiger partial charge in [0, 0.05) is 23.5 Å². The molecule has 0 aliphatic carbocycles. The Balaban J connectivity index is 1.50. The quantitative estimate of drug-likeness (QED) is 0.537. The number of benzene rings is 3. The van der Waals surface area contributed by atoms with Gasteiger partial charge >= 0.3 is 0 Å². The van der Waals surface area contributed by atoms with Gasteiger partial charge in [0.25, 0.3) is 15.9 Å². The lowest BCUT2D eigenvalue weighted by Gasteiger charge is -2.24. The molecule has 4 rings (SSSR count). The Hall–Kier alpha value is -3.85. The van der Waals surface area contributed by atoms with Crippen LogP contribution in [0.15, 0.2) is 83.8 Å². The van der Waals surface area contributed by atoms with Crippen molar-refractivity contribution in [2.45, 2.75) is 23.8 Å². The molecule has 0 spiro atoms. The highest BCUT2D eigenvalue weighted by molar-refractivity contribution is 7.92. The third-order valence-corrected chi connectivity index (χ3v) is 6.97. The summed E-state index contributed by atoms with van der Waals surface area (Å²) in [6, 6.07) is 20.7. The molecule has 2 amide bonds. The number of ether oxygens (including phenoxy) is 1. The lowest BCUT2D eigenvalue weighted by Crippen LogP contribution is -2.43. The summed E-state index contributed by atoms with van der Waals surface area (Å²) < 4.78 is 33.4. The molecule has 1 saturated heterocycles. The third-order valence-electron chi connectivity index (χ3n) is 5.59. The van der Waals surface area contributed by atoms with E-state index in [2.05, 4.69) is 10.0 Å². The van der Waals surface area contributed by atoms with Gasteiger partial charge in [-0.25, -0.2) is 8.42 Å². The SMILES string of the molecule is COc1ccc(NS(=O)(=O)c2cccc(C(=O)N3CCCC3C(=O)Nc3ccccc3)c2)cc1. The number of methoxy groups -OCH3 is 1. The van der Waals surface area contributed by atoms with Crippen LogP contribution in [0.3, 0.4) is 0 Å². The van der Waals surface area contributed by atoms with Crippen LogP contribution in [-0.4, -0.2) is 44.8 Å². The van der Waals surface area contributed by atoms with Gasteiger partial charge in [-0.05, 0) is 67.4 Å². The fourth-order valence-corrected chi connectivity index (χ4v) is 4.97. The maximum Gasteiger partial charge on any atom is 0.261 e. The number of hydrogen-bond donors (Lipinski definition) is 2. The van der Waals surface area contributed by atoms with Gasteiger partial charge in [0.2, 0.25) is 5.91 Å². The van der Waals surface area contributed by atoms with Crippen molar-refractivity contribution >= 4 is 33.2 Å². The van der Waals surface area contributed by atoms with Gasteiger partial charge in [-0.3, -0.25) is 14.3 Å². The fourth-order valence-electron chi connectivity index (χ4n) is 3.86. The molecule has 1 fully saturated rings. The number of anilines is 2. The first-order valence-electron chi connectivity index (χ1n) is 10.8. The van der Waals surface area contributed by atoms with E-state index in [1.807, 2.05) is 18.2 Å². The van der Waals surface area contributed by atoms with Crippen LogP contribution < -0.4 is 14.8 Å². The number of rotatable bonds is 7. The summed E-state index contributed by atoms with van der Waals surface area (Å²) in [7, 11) is -2.40. The van der Waals surface area contributed by atoms with Gasteiger partial charge < -0.3 is 15.0 Å². The molecule has 3 aromatic rings. The predicted molar refractivity (Wildman–Crippen MR) is 129 cm³/mol. The van der Waals surface area contributed by atoms with E-state index in [0.29, 0.717) is 36.5 Å². The van der Waals surface area contributed by atoms with Crippen molar-refractivity contribution in [3.05, 3.63) is 84.4 Å². The second kappa shape index (κ2) is 9.96. The van der Waals surface area contributed by atoms with Gasteiger partial charge in [0.05, 0.1) is 12.0 Å². The minimum Gasteiger partial charge on any atom is -0.497 e. The first-order valence-corrected chi connectivity index (χ1v) is 12.3. The number of hydrogen-bond acceptors (Lipinski definition) is 5. The predicted octanol–water partition coefficient (Wildman–Crippen LogP) is 3.74. The van der Waals surface area contributed by atoms with Crippen LogP contribution >= 0.6 is 0 Å². The molecule has 176 valence electrons. The highest BCUT2D eigenvalue weighted by Gasteiger charge is 2.35. The molecule has 1 unspecified atom stereocenters. The Labute approximate surface area is 198 Å². The van der Waals surface area contributed by atoms with Crippen molar-refractivity contribution in [3.8, 4) is 5.75 Å². The second-order valence-electron chi connectivity index (χ2n) is 7.87. The van der Waals surface area contributed by atoms with E-state index in [0.717, 1.165) is 0 Å². The molecule has 2 N–H and O–H groups in total. The van der Waals surface area contributed by atoms with Crippen LogP contribution in [0.1, 0.15) is 23.2 Å². The van der Waals surface area contributed by atoms with E-state index in [1.54, 1.807) is 42.5 Å². The van der Waals surface area contributed by atoms with E-state index in [4.69, 9.17) is 4.74 Å². The van der Waals surface area contributed by atoms with Gasteiger partial charge in [-0.1, -0.05) is 24.3 Å². The molecule has 1 aliphatic heterocycles. The van der Waals surface area contributed by atoms with E-state index in [-0.39, 0.29) is 22.3 Å². The summed E-state index contributed by atoms with van der Waals surface area (Å²) in [5.41, 5.74) is 1.23. The number of carbonyl (C=O) groups is 2.